The Kier molecular flexibility index (Phi) is 12.1. The molecule has 0 fully saturated rings. The molecule has 1 aromatic carbocycles. The summed E-state index contributed by atoms with van der Waals surface area (Å²) in [6.07, 6.45) is 2.97. The van der Waals surface area contributed by atoms with Crippen molar-refractivity contribution in [3.8, 4) is 5.75 Å². The summed E-state index contributed by atoms with van der Waals surface area (Å²) in [5.74, 6) is -4.47. The second-order valence-corrected chi connectivity index (χ2v) is 9.60. The minimum absolute atomic E-state index is 0.0563. The second-order valence-electron chi connectivity index (χ2n) is 9.60. The van der Waals surface area contributed by atoms with E-state index < -0.39 is 59.7 Å². The van der Waals surface area contributed by atoms with E-state index in [-0.39, 0.29) is 31.4 Å². The molecule has 5 atom stereocenters. The number of nitrogens with zero attached hydrogens (tertiary/aromatic N) is 1. The number of nitrogens with two attached hydrogens (primary N) is 2. The van der Waals surface area contributed by atoms with Gasteiger partial charge in [-0.05, 0) is 36.5 Å². The van der Waals surface area contributed by atoms with Gasteiger partial charge >= 0.3 is 5.97 Å². The van der Waals surface area contributed by atoms with Crippen molar-refractivity contribution in [1.82, 2.24) is 25.9 Å². The van der Waals surface area contributed by atoms with Crippen LogP contribution in [0.25, 0.3) is 0 Å². The molecule has 5 unspecified atom stereocenters. The first-order valence-electron chi connectivity index (χ1n) is 12.8. The van der Waals surface area contributed by atoms with Crippen molar-refractivity contribution >= 4 is 29.6 Å². The van der Waals surface area contributed by atoms with E-state index in [0.717, 1.165) is 0 Å². The molecule has 1 aromatic heterocycles. The molecule has 0 radical (unpaired) electrons. The van der Waals surface area contributed by atoms with E-state index in [0.29, 0.717) is 17.7 Å². The van der Waals surface area contributed by atoms with Gasteiger partial charge in [0.05, 0.1) is 12.4 Å². The number of nitrogens with one attached hydrogen (secondary N) is 4. The number of phenols is 1. The molecule has 1 heterocycles. The van der Waals surface area contributed by atoms with Gasteiger partial charge in [0.15, 0.2) is 0 Å². The maximum atomic E-state index is 13.3. The summed E-state index contributed by atoms with van der Waals surface area (Å²) in [6.45, 7) is 3.50. The Morgan fingerprint density at radius 2 is 1.62 bits per heavy atom. The maximum Gasteiger partial charge on any atom is 0.326 e. The molecule has 218 valence electrons. The third-order valence-electron chi connectivity index (χ3n) is 6.43. The number of hydrogen-bond acceptors (Lipinski definition) is 8. The van der Waals surface area contributed by atoms with Crippen molar-refractivity contribution in [2.45, 2.75) is 70.1 Å². The molecular weight excluding hydrogens is 522 g/mol. The van der Waals surface area contributed by atoms with Crippen molar-refractivity contribution in [3.63, 3.8) is 0 Å². The lowest BCUT2D eigenvalue weighted by Crippen LogP contribution is -2.59. The number of rotatable bonds is 16. The Morgan fingerprint density at radius 3 is 2.17 bits per heavy atom. The number of hydrogen-bond donors (Lipinski definition) is 8. The fourth-order valence-electron chi connectivity index (χ4n) is 3.85. The van der Waals surface area contributed by atoms with Crippen molar-refractivity contribution in [2.75, 3.05) is 0 Å². The van der Waals surface area contributed by atoms with Crippen molar-refractivity contribution in [1.29, 1.82) is 0 Å². The van der Waals surface area contributed by atoms with Gasteiger partial charge in [0.2, 0.25) is 23.6 Å². The van der Waals surface area contributed by atoms with Crippen LogP contribution in [0.5, 0.6) is 5.75 Å². The van der Waals surface area contributed by atoms with Gasteiger partial charge in [0.25, 0.3) is 0 Å². The van der Waals surface area contributed by atoms with Crippen LogP contribution < -0.4 is 27.4 Å². The largest absolute Gasteiger partial charge is 0.508 e. The fourth-order valence-corrected chi connectivity index (χ4v) is 3.85. The highest BCUT2D eigenvalue weighted by Gasteiger charge is 2.33. The van der Waals surface area contributed by atoms with Crippen LogP contribution in [0.1, 0.15) is 44.4 Å². The molecule has 2 aromatic rings. The summed E-state index contributed by atoms with van der Waals surface area (Å²) in [5, 5.41) is 26.6. The number of aromatic amines is 1. The van der Waals surface area contributed by atoms with Crippen LogP contribution in [-0.4, -0.2) is 73.9 Å². The molecule has 0 aliphatic heterocycles. The van der Waals surface area contributed by atoms with E-state index in [1.807, 2.05) is 0 Å². The first-order chi connectivity index (χ1) is 18.9. The molecule has 10 N–H and O–H groups in total. The number of carboxylic acids is 1. The average Bonchev–Trinajstić information content (AvgIpc) is 3.42. The van der Waals surface area contributed by atoms with Gasteiger partial charge in [-0.2, -0.15) is 0 Å². The summed E-state index contributed by atoms with van der Waals surface area (Å²) in [6, 6.07) is 1.38. The van der Waals surface area contributed by atoms with E-state index in [2.05, 4.69) is 25.9 Å². The molecule has 40 heavy (non-hydrogen) atoms. The Bertz CT molecular complexity index is 1150. The lowest BCUT2D eigenvalue weighted by molar-refractivity contribution is -0.142. The zero-order valence-corrected chi connectivity index (χ0v) is 22.4. The van der Waals surface area contributed by atoms with Crippen LogP contribution in [0.2, 0.25) is 0 Å². The zero-order chi connectivity index (χ0) is 29.8. The number of amides is 4. The number of imidazole rings is 1. The second kappa shape index (κ2) is 15.2. The molecule has 0 spiro atoms. The Hall–Kier alpha value is -4.46. The summed E-state index contributed by atoms with van der Waals surface area (Å²) in [5.41, 5.74) is 12.4. The van der Waals surface area contributed by atoms with E-state index in [9.17, 15) is 34.2 Å². The lowest BCUT2D eigenvalue weighted by Gasteiger charge is -2.28. The van der Waals surface area contributed by atoms with Crippen LogP contribution in [0.15, 0.2) is 36.8 Å². The summed E-state index contributed by atoms with van der Waals surface area (Å²) in [4.78, 5) is 69.1. The summed E-state index contributed by atoms with van der Waals surface area (Å²) >= 11 is 0. The first-order valence-corrected chi connectivity index (χ1v) is 12.8. The number of H-pyrrole nitrogens is 1. The highest BCUT2D eigenvalue weighted by atomic mass is 16.4. The minimum atomic E-state index is -1.29. The molecule has 0 saturated carbocycles. The van der Waals surface area contributed by atoms with Crippen molar-refractivity contribution in [2.24, 2.45) is 17.4 Å². The van der Waals surface area contributed by atoms with Crippen LogP contribution in [-0.2, 0) is 36.8 Å². The van der Waals surface area contributed by atoms with E-state index in [1.165, 1.54) is 24.7 Å². The SMILES string of the molecule is CCC(C)C(NC(=O)C(CCC(N)=O)NC(=O)C(N)Cc1ccc(O)cc1)C(=O)NC(Cc1cnc[nH]1)C(=O)O. The third kappa shape index (κ3) is 10.0. The molecule has 14 nitrogen and oxygen atoms in total. The molecule has 0 aliphatic carbocycles. The number of carbonyl (C=O) groups excluding carboxylic acids is 4. The Morgan fingerprint density at radius 1 is 0.975 bits per heavy atom. The Labute approximate surface area is 231 Å². The standard InChI is InChI=1S/C26H37N7O7/c1-3-14(2)22(25(38)32-20(26(39)40)11-16-12-29-13-30-16)33-24(37)19(8-9-21(28)35)31-23(36)18(27)10-15-4-6-17(34)7-5-15/h4-7,12-14,18-20,22,34H,3,8-11,27H2,1-2H3,(H2,28,35)(H,29,30)(H,31,36)(H,32,38)(H,33,37)(H,39,40). The van der Waals surface area contributed by atoms with Gasteiger partial charge in [-0.3, -0.25) is 19.2 Å². The van der Waals surface area contributed by atoms with Gasteiger partial charge in [-0.15, -0.1) is 0 Å². The number of phenolic OH excluding ortho intramolecular Hbond substituents is 1. The quantitative estimate of drug-likeness (QED) is 0.127. The van der Waals surface area contributed by atoms with E-state index in [4.69, 9.17) is 11.5 Å². The Balaban J connectivity index is 2.14. The third-order valence-corrected chi connectivity index (χ3v) is 6.43. The minimum Gasteiger partial charge on any atom is -0.508 e. The number of carboxylic acid groups (broad SMARTS) is 1. The van der Waals surface area contributed by atoms with Gasteiger partial charge in [0.1, 0.15) is 23.9 Å². The smallest absolute Gasteiger partial charge is 0.326 e. The monoisotopic (exact) mass is 559 g/mol. The van der Waals surface area contributed by atoms with Crippen LogP contribution in [0, 0.1) is 5.92 Å². The number of aromatic nitrogens is 2. The topological polar surface area (TPSA) is 243 Å². The van der Waals surface area contributed by atoms with Crippen LogP contribution >= 0.6 is 0 Å². The molecule has 4 amide bonds. The van der Waals surface area contributed by atoms with E-state index >= 15 is 0 Å². The number of carbonyl (C=O) groups is 5. The molecular formula is C26H37N7O7. The molecule has 0 saturated heterocycles. The number of benzene rings is 1. The van der Waals surface area contributed by atoms with E-state index in [1.54, 1.807) is 26.0 Å². The highest BCUT2D eigenvalue weighted by Crippen LogP contribution is 2.13. The van der Waals surface area contributed by atoms with Crippen LogP contribution in [0.4, 0.5) is 0 Å². The normalized spacial score (nSPS) is 14.7. The van der Waals surface area contributed by atoms with Crippen molar-refractivity contribution in [3.05, 3.63) is 48.0 Å². The molecule has 2 rings (SSSR count). The van der Waals surface area contributed by atoms with Gasteiger partial charge in [-0.1, -0.05) is 32.4 Å². The lowest BCUT2D eigenvalue weighted by atomic mass is 9.96. The predicted molar refractivity (Wildman–Crippen MR) is 143 cm³/mol. The summed E-state index contributed by atoms with van der Waals surface area (Å²) < 4.78 is 0. The number of aliphatic carboxylic acids is 1. The average molecular weight is 560 g/mol. The van der Waals surface area contributed by atoms with Crippen LogP contribution in [0.3, 0.4) is 0 Å². The van der Waals surface area contributed by atoms with Crippen molar-refractivity contribution < 1.29 is 34.2 Å². The molecule has 0 bridgehead atoms. The summed E-state index contributed by atoms with van der Waals surface area (Å²) in [7, 11) is 0. The number of aromatic hydroxyl groups is 1. The predicted octanol–water partition coefficient (Wildman–Crippen LogP) is -0.922. The fraction of sp³-hybridized carbons (Fsp3) is 0.462. The zero-order valence-electron chi connectivity index (χ0n) is 22.4. The van der Waals surface area contributed by atoms with Gasteiger partial charge < -0.3 is 42.6 Å². The molecule has 14 heteroatoms. The first kappa shape index (κ1) is 31.8. The maximum absolute atomic E-state index is 13.3. The highest BCUT2D eigenvalue weighted by molar-refractivity contribution is 5.94. The number of primary amides is 1. The van der Waals surface area contributed by atoms with Gasteiger partial charge in [0, 0.05) is 24.7 Å². The van der Waals surface area contributed by atoms with Gasteiger partial charge in [-0.25, -0.2) is 9.78 Å². The molecule has 0 aliphatic rings.